The average Bonchev–Trinajstić information content (AvgIpc) is 2.19. The minimum Gasteiger partial charge on any atom is -0.359 e. The largest absolute Gasteiger partial charge is 0.359 e. The molecular weight excluding hydrogens is 160 g/mol. The Balaban J connectivity index is 2.40. The molecule has 0 saturated heterocycles. The first kappa shape index (κ1) is 8.12. The highest BCUT2D eigenvalue weighted by Gasteiger charge is 2.21. The number of benzene rings is 1. The van der Waals surface area contributed by atoms with Crippen molar-refractivity contribution in [2.24, 2.45) is 0 Å². The fourth-order valence-corrected chi connectivity index (χ4v) is 1.87. The van der Waals surface area contributed by atoms with Crippen molar-refractivity contribution in [3.63, 3.8) is 0 Å². The lowest BCUT2D eigenvalue weighted by Gasteiger charge is -2.31. The lowest BCUT2D eigenvalue weighted by molar-refractivity contribution is 0.654. The molecule has 1 aromatic carbocycles. The summed E-state index contributed by atoms with van der Waals surface area (Å²) in [6, 6.07) is 10.7. The molecule has 0 amide bonds. The summed E-state index contributed by atoms with van der Waals surface area (Å²) in [4.78, 5) is 2.07. The van der Waals surface area contributed by atoms with Gasteiger partial charge in [-0.3, -0.25) is 0 Å². The molecule has 0 unspecified atom stereocenters. The Morgan fingerprint density at radius 1 is 1.46 bits per heavy atom. The zero-order chi connectivity index (χ0) is 9.26. The quantitative estimate of drug-likeness (QED) is 0.598. The number of rotatable bonds is 0. The van der Waals surface area contributed by atoms with Gasteiger partial charge in [-0.05, 0) is 24.5 Å². The van der Waals surface area contributed by atoms with Crippen LogP contribution in [0.25, 0.3) is 0 Å². The van der Waals surface area contributed by atoms with Crippen LogP contribution in [0, 0.1) is 11.3 Å². The van der Waals surface area contributed by atoms with Crippen LogP contribution < -0.4 is 4.90 Å². The summed E-state index contributed by atoms with van der Waals surface area (Å²) >= 11 is 0. The third kappa shape index (κ3) is 1.27. The smallest absolute Gasteiger partial charge is 0.117 e. The Morgan fingerprint density at radius 3 is 3.00 bits per heavy atom. The Bertz CT molecular complexity index is 351. The number of hydrogen-bond acceptors (Lipinski definition) is 2. The zero-order valence-corrected chi connectivity index (χ0v) is 7.70. The van der Waals surface area contributed by atoms with E-state index in [1.165, 1.54) is 11.3 Å². The van der Waals surface area contributed by atoms with Gasteiger partial charge in [0, 0.05) is 12.7 Å². The molecule has 1 aromatic rings. The van der Waals surface area contributed by atoms with Crippen molar-refractivity contribution < 1.29 is 0 Å². The van der Waals surface area contributed by atoms with Crippen LogP contribution in [-0.4, -0.2) is 13.1 Å². The van der Waals surface area contributed by atoms with Gasteiger partial charge < -0.3 is 4.90 Å². The molecule has 2 heteroatoms. The lowest BCUT2D eigenvalue weighted by atomic mass is 9.97. The van der Waals surface area contributed by atoms with Gasteiger partial charge in [0.25, 0.3) is 0 Å². The minimum atomic E-state index is 0.0508. The van der Waals surface area contributed by atoms with Crippen molar-refractivity contribution in [1.82, 2.24) is 0 Å². The van der Waals surface area contributed by atoms with Crippen molar-refractivity contribution in [3.8, 4) is 6.07 Å². The minimum absolute atomic E-state index is 0.0508. The van der Waals surface area contributed by atoms with E-state index in [1.54, 1.807) is 0 Å². The van der Waals surface area contributed by atoms with Gasteiger partial charge in [0.1, 0.15) is 6.04 Å². The SMILES string of the molecule is CN1c2ccccc2CC[C@H]1C#N. The van der Waals surface area contributed by atoms with E-state index in [0.29, 0.717) is 0 Å². The average molecular weight is 172 g/mol. The Labute approximate surface area is 78.4 Å². The number of aryl methyl sites for hydroxylation is 1. The Morgan fingerprint density at radius 2 is 2.23 bits per heavy atom. The van der Waals surface area contributed by atoms with Gasteiger partial charge in [0.15, 0.2) is 0 Å². The lowest BCUT2D eigenvalue weighted by Crippen LogP contribution is -2.34. The van der Waals surface area contributed by atoms with Crippen molar-refractivity contribution in [1.29, 1.82) is 5.26 Å². The first-order valence-electron chi connectivity index (χ1n) is 4.53. The maximum atomic E-state index is 8.90. The van der Waals surface area contributed by atoms with Gasteiger partial charge in [-0.2, -0.15) is 5.26 Å². The summed E-state index contributed by atoms with van der Waals surface area (Å²) in [6.45, 7) is 0. The van der Waals surface area contributed by atoms with E-state index in [9.17, 15) is 0 Å². The summed E-state index contributed by atoms with van der Waals surface area (Å²) in [7, 11) is 1.99. The normalized spacial score (nSPS) is 20.6. The van der Waals surface area contributed by atoms with Crippen molar-refractivity contribution in [2.75, 3.05) is 11.9 Å². The number of para-hydroxylation sites is 1. The summed E-state index contributed by atoms with van der Waals surface area (Å²) < 4.78 is 0. The number of fused-ring (bicyclic) bond motifs is 1. The molecule has 0 bridgehead atoms. The maximum absolute atomic E-state index is 8.90. The highest BCUT2D eigenvalue weighted by molar-refractivity contribution is 5.56. The molecule has 1 aliphatic heterocycles. The summed E-state index contributed by atoms with van der Waals surface area (Å²) in [5.41, 5.74) is 2.57. The van der Waals surface area contributed by atoms with Crippen LogP contribution in [0.2, 0.25) is 0 Å². The molecule has 2 nitrogen and oxygen atoms in total. The first-order chi connectivity index (χ1) is 6.33. The van der Waals surface area contributed by atoms with Gasteiger partial charge in [-0.25, -0.2) is 0 Å². The second-order valence-electron chi connectivity index (χ2n) is 3.42. The first-order valence-corrected chi connectivity index (χ1v) is 4.53. The second kappa shape index (κ2) is 3.10. The van der Waals surface area contributed by atoms with Crippen LogP contribution >= 0.6 is 0 Å². The molecule has 13 heavy (non-hydrogen) atoms. The number of nitrogens with zero attached hydrogens (tertiary/aromatic N) is 2. The van der Waals surface area contributed by atoms with Gasteiger partial charge in [-0.1, -0.05) is 18.2 Å². The van der Waals surface area contributed by atoms with E-state index >= 15 is 0 Å². The molecule has 0 saturated carbocycles. The number of nitriles is 1. The standard InChI is InChI=1S/C11H12N2/c1-13-10(8-12)7-6-9-4-2-3-5-11(9)13/h2-5,10H,6-7H2,1H3/t10-/m0/s1. The maximum Gasteiger partial charge on any atom is 0.117 e. The monoisotopic (exact) mass is 172 g/mol. The van der Waals surface area contributed by atoms with Crippen LogP contribution in [0.1, 0.15) is 12.0 Å². The van der Waals surface area contributed by atoms with Crippen LogP contribution in [0.15, 0.2) is 24.3 Å². The van der Waals surface area contributed by atoms with Crippen molar-refractivity contribution >= 4 is 5.69 Å². The van der Waals surface area contributed by atoms with E-state index in [0.717, 1.165) is 12.8 Å². The Hall–Kier alpha value is -1.49. The van der Waals surface area contributed by atoms with Crippen molar-refractivity contribution in [3.05, 3.63) is 29.8 Å². The third-order valence-electron chi connectivity index (χ3n) is 2.68. The van der Waals surface area contributed by atoms with E-state index < -0.39 is 0 Å². The summed E-state index contributed by atoms with van der Waals surface area (Å²) in [6.07, 6.45) is 1.97. The fourth-order valence-electron chi connectivity index (χ4n) is 1.87. The second-order valence-corrected chi connectivity index (χ2v) is 3.42. The van der Waals surface area contributed by atoms with Crippen LogP contribution in [0.4, 0.5) is 5.69 Å². The predicted octanol–water partition coefficient (Wildman–Crippen LogP) is 1.96. The number of anilines is 1. The van der Waals surface area contributed by atoms with E-state index in [1.807, 2.05) is 13.1 Å². The van der Waals surface area contributed by atoms with Gasteiger partial charge >= 0.3 is 0 Å². The fraction of sp³-hybridized carbons (Fsp3) is 0.364. The molecule has 1 heterocycles. The molecule has 0 N–H and O–H groups in total. The predicted molar refractivity (Wildman–Crippen MR) is 52.6 cm³/mol. The van der Waals surface area contributed by atoms with Gasteiger partial charge in [0.2, 0.25) is 0 Å². The summed E-state index contributed by atoms with van der Waals surface area (Å²) in [5, 5.41) is 8.90. The van der Waals surface area contributed by atoms with E-state index in [-0.39, 0.29) is 6.04 Å². The van der Waals surface area contributed by atoms with Gasteiger partial charge in [0.05, 0.1) is 6.07 Å². The van der Waals surface area contributed by atoms with E-state index in [4.69, 9.17) is 5.26 Å². The van der Waals surface area contributed by atoms with Gasteiger partial charge in [-0.15, -0.1) is 0 Å². The molecule has 1 atom stereocenters. The Kier molecular flexibility index (Phi) is 1.94. The van der Waals surface area contributed by atoms with Crippen LogP contribution in [0.5, 0.6) is 0 Å². The van der Waals surface area contributed by atoms with Crippen LogP contribution in [-0.2, 0) is 6.42 Å². The molecule has 2 rings (SSSR count). The zero-order valence-electron chi connectivity index (χ0n) is 7.70. The highest BCUT2D eigenvalue weighted by Crippen LogP contribution is 2.28. The molecule has 0 spiro atoms. The summed E-state index contributed by atoms with van der Waals surface area (Å²) in [5.74, 6) is 0. The van der Waals surface area contributed by atoms with E-state index in [2.05, 4.69) is 29.2 Å². The topological polar surface area (TPSA) is 27.0 Å². The molecule has 0 aromatic heterocycles. The molecule has 0 fully saturated rings. The third-order valence-corrected chi connectivity index (χ3v) is 2.68. The molecule has 0 aliphatic carbocycles. The number of hydrogen-bond donors (Lipinski definition) is 0. The molecule has 1 aliphatic rings. The molecule has 66 valence electrons. The highest BCUT2D eigenvalue weighted by atomic mass is 15.1. The van der Waals surface area contributed by atoms with Crippen molar-refractivity contribution in [2.45, 2.75) is 18.9 Å². The molecule has 0 radical (unpaired) electrons. The van der Waals surface area contributed by atoms with Crippen LogP contribution in [0.3, 0.4) is 0 Å². The molecular formula is C11H12N2.